The third-order valence-corrected chi connectivity index (χ3v) is 5.79. The molecule has 3 aromatic rings. The summed E-state index contributed by atoms with van der Waals surface area (Å²) < 4.78 is 5.42. The Morgan fingerprint density at radius 1 is 1.00 bits per heavy atom. The van der Waals surface area contributed by atoms with E-state index >= 15 is 0 Å². The van der Waals surface area contributed by atoms with Crippen LogP contribution in [0.25, 0.3) is 6.08 Å². The number of nitrogens with zero attached hydrogens (tertiary/aromatic N) is 2. The van der Waals surface area contributed by atoms with E-state index in [1.54, 1.807) is 12.0 Å². The molecule has 1 heterocycles. The van der Waals surface area contributed by atoms with Gasteiger partial charge >= 0.3 is 0 Å². The normalized spacial score (nSPS) is 16.5. The lowest BCUT2D eigenvalue weighted by Crippen LogP contribution is -2.28. The lowest BCUT2D eigenvalue weighted by atomic mass is 10.1. The molecule has 0 saturated carbocycles. The van der Waals surface area contributed by atoms with Gasteiger partial charge in [0.15, 0.2) is 5.17 Å². The van der Waals surface area contributed by atoms with Gasteiger partial charge < -0.3 is 4.74 Å². The second kappa shape index (κ2) is 9.01. The highest BCUT2D eigenvalue weighted by molar-refractivity contribution is 8.18. The van der Waals surface area contributed by atoms with Crippen LogP contribution in [0, 0.1) is 6.92 Å². The van der Waals surface area contributed by atoms with Gasteiger partial charge in [-0.05, 0) is 59.7 Å². The van der Waals surface area contributed by atoms with Crippen molar-refractivity contribution in [2.75, 3.05) is 7.11 Å². The van der Waals surface area contributed by atoms with E-state index in [9.17, 15) is 4.79 Å². The summed E-state index contributed by atoms with van der Waals surface area (Å²) in [6.07, 6.45) is 1.90. The molecule has 30 heavy (non-hydrogen) atoms. The molecular weight excluding hydrogens is 392 g/mol. The van der Waals surface area contributed by atoms with Crippen LogP contribution in [0.5, 0.6) is 5.75 Å². The molecule has 0 bridgehead atoms. The zero-order valence-electron chi connectivity index (χ0n) is 16.9. The second-order valence-corrected chi connectivity index (χ2v) is 7.96. The van der Waals surface area contributed by atoms with Gasteiger partial charge in [-0.1, -0.05) is 60.7 Å². The highest BCUT2D eigenvalue weighted by atomic mass is 32.2. The fourth-order valence-corrected chi connectivity index (χ4v) is 4.19. The standard InChI is InChI=1S/C25H22N2O2S/c1-18-13-14-20(15-22(18)29-2)16-23-24(28)27(17-19-9-5-3-6-10-19)25(30-23)26-21-11-7-4-8-12-21/h3-16H,17H2,1-2H3/b23-16+,26-25?. The topological polar surface area (TPSA) is 41.9 Å². The number of amidine groups is 1. The number of aliphatic imine (C=N–C) groups is 1. The van der Waals surface area contributed by atoms with Crippen LogP contribution in [0.2, 0.25) is 0 Å². The number of ether oxygens (including phenoxy) is 1. The maximum Gasteiger partial charge on any atom is 0.267 e. The number of thioether (sulfide) groups is 1. The summed E-state index contributed by atoms with van der Waals surface area (Å²) in [4.78, 5) is 20.4. The van der Waals surface area contributed by atoms with Crippen molar-refractivity contribution in [3.8, 4) is 5.75 Å². The first-order valence-electron chi connectivity index (χ1n) is 9.68. The fraction of sp³-hybridized carbons (Fsp3) is 0.120. The van der Waals surface area contributed by atoms with Crippen molar-refractivity contribution in [3.63, 3.8) is 0 Å². The first-order valence-corrected chi connectivity index (χ1v) is 10.5. The van der Waals surface area contributed by atoms with Crippen molar-refractivity contribution in [2.45, 2.75) is 13.5 Å². The fourth-order valence-electron chi connectivity index (χ4n) is 3.19. The number of amides is 1. The zero-order chi connectivity index (χ0) is 20.9. The van der Waals surface area contributed by atoms with E-state index in [0.29, 0.717) is 16.6 Å². The summed E-state index contributed by atoms with van der Waals surface area (Å²) >= 11 is 1.40. The Kier molecular flexibility index (Phi) is 6.00. The van der Waals surface area contributed by atoms with Crippen LogP contribution in [0.1, 0.15) is 16.7 Å². The van der Waals surface area contributed by atoms with E-state index < -0.39 is 0 Å². The molecule has 0 radical (unpaired) electrons. The molecule has 3 aromatic carbocycles. The van der Waals surface area contributed by atoms with Crippen molar-refractivity contribution < 1.29 is 9.53 Å². The molecule has 1 fully saturated rings. The maximum absolute atomic E-state index is 13.3. The van der Waals surface area contributed by atoms with E-state index in [-0.39, 0.29) is 5.91 Å². The largest absolute Gasteiger partial charge is 0.496 e. The molecule has 0 aromatic heterocycles. The van der Waals surface area contributed by atoms with Crippen molar-refractivity contribution in [3.05, 3.63) is 100 Å². The molecule has 0 atom stereocenters. The Morgan fingerprint density at radius 3 is 2.40 bits per heavy atom. The summed E-state index contributed by atoms with van der Waals surface area (Å²) in [5.41, 5.74) is 3.87. The molecule has 4 rings (SSSR count). The molecule has 0 N–H and O–H groups in total. The number of hydrogen-bond donors (Lipinski definition) is 0. The molecule has 1 amide bonds. The summed E-state index contributed by atoms with van der Waals surface area (Å²) in [5, 5.41) is 0.681. The van der Waals surface area contributed by atoms with Gasteiger partial charge in [-0.2, -0.15) is 0 Å². The predicted molar refractivity (Wildman–Crippen MR) is 124 cm³/mol. The van der Waals surface area contributed by atoms with Crippen LogP contribution in [0.4, 0.5) is 5.69 Å². The molecule has 0 unspecified atom stereocenters. The van der Waals surface area contributed by atoms with Gasteiger partial charge in [0.25, 0.3) is 5.91 Å². The summed E-state index contributed by atoms with van der Waals surface area (Å²) in [6, 6.07) is 25.6. The monoisotopic (exact) mass is 414 g/mol. The highest BCUT2D eigenvalue weighted by Crippen LogP contribution is 2.35. The van der Waals surface area contributed by atoms with Crippen molar-refractivity contribution in [1.29, 1.82) is 0 Å². The number of rotatable bonds is 5. The minimum absolute atomic E-state index is 0.0434. The number of benzene rings is 3. The van der Waals surface area contributed by atoms with E-state index in [1.807, 2.05) is 91.9 Å². The van der Waals surface area contributed by atoms with Gasteiger partial charge in [-0.3, -0.25) is 9.69 Å². The molecule has 4 nitrogen and oxygen atoms in total. The first-order chi connectivity index (χ1) is 14.6. The molecular formula is C25H22N2O2S. The Hall–Kier alpha value is -3.31. The van der Waals surface area contributed by atoms with Gasteiger partial charge in [-0.15, -0.1) is 0 Å². The number of para-hydroxylation sites is 1. The lowest BCUT2D eigenvalue weighted by molar-refractivity contribution is -0.122. The number of aryl methyl sites for hydroxylation is 1. The van der Waals surface area contributed by atoms with Crippen LogP contribution >= 0.6 is 11.8 Å². The molecule has 1 aliphatic heterocycles. The van der Waals surface area contributed by atoms with Crippen LogP contribution in [-0.2, 0) is 11.3 Å². The average Bonchev–Trinajstić information content (AvgIpc) is 3.05. The van der Waals surface area contributed by atoms with Crippen molar-refractivity contribution in [2.24, 2.45) is 4.99 Å². The number of carbonyl (C=O) groups is 1. The number of methoxy groups -OCH3 is 1. The van der Waals surface area contributed by atoms with Gasteiger partial charge in [0.2, 0.25) is 0 Å². The van der Waals surface area contributed by atoms with E-state index in [2.05, 4.69) is 0 Å². The summed E-state index contributed by atoms with van der Waals surface area (Å²) in [6.45, 7) is 2.48. The van der Waals surface area contributed by atoms with Crippen molar-refractivity contribution >= 4 is 34.6 Å². The third-order valence-electron chi connectivity index (χ3n) is 4.78. The van der Waals surface area contributed by atoms with Gasteiger partial charge in [-0.25, -0.2) is 4.99 Å². The number of hydrogen-bond acceptors (Lipinski definition) is 4. The second-order valence-electron chi connectivity index (χ2n) is 6.95. The summed E-state index contributed by atoms with van der Waals surface area (Å²) in [7, 11) is 1.65. The highest BCUT2D eigenvalue weighted by Gasteiger charge is 2.33. The Bertz CT molecular complexity index is 1110. The van der Waals surface area contributed by atoms with Gasteiger partial charge in [0, 0.05) is 0 Å². The van der Waals surface area contributed by atoms with Gasteiger partial charge in [0.05, 0.1) is 24.2 Å². The van der Waals surface area contributed by atoms with Crippen LogP contribution in [0.3, 0.4) is 0 Å². The van der Waals surface area contributed by atoms with Gasteiger partial charge in [0.1, 0.15) is 5.75 Å². The Morgan fingerprint density at radius 2 is 1.70 bits per heavy atom. The minimum atomic E-state index is -0.0434. The molecule has 150 valence electrons. The Labute approximate surface area is 180 Å². The van der Waals surface area contributed by atoms with E-state index in [0.717, 1.165) is 28.1 Å². The Balaban J connectivity index is 1.70. The average molecular weight is 415 g/mol. The molecule has 1 saturated heterocycles. The lowest BCUT2D eigenvalue weighted by Gasteiger charge is -2.15. The van der Waals surface area contributed by atoms with Crippen molar-refractivity contribution in [1.82, 2.24) is 4.90 Å². The minimum Gasteiger partial charge on any atom is -0.496 e. The predicted octanol–water partition coefficient (Wildman–Crippen LogP) is 5.81. The first kappa shape index (κ1) is 20.0. The van der Waals surface area contributed by atoms with E-state index in [1.165, 1.54) is 11.8 Å². The molecule has 0 spiro atoms. The molecule has 0 aliphatic carbocycles. The smallest absolute Gasteiger partial charge is 0.267 e. The van der Waals surface area contributed by atoms with Crippen LogP contribution < -0.4 is 4.74 Å². The quantitative estimate of drug-likeness (QED) is 0.495. The molecule has 1 aliphatic rings. The SMILES string of the molecule is COc1cc(/C=C2/SC(=Nc3ccccc3)N(Cc3ccccc3)C2=O)ccc1C. The molecule has 5 heteroatoms. The number of carbonyl (C=O) groups excluding carboxylic acids is 1. The third kappa shape index (κ3) is 4.47. The maximum atomic E-state index is 13.3. The summed E-state index contributed by atoms with van der Waals surface area (Å²) in [5.74, 6) is 0.761. The van der Waals surface area contributed by atoms with Crippen LogP contribution in [0.15, 0.2) is 88.8 Å². The van der Waals surface area contributed by atoms with Crippen LogP contribution in [-0.4, -0.2) is 23.1 Å². The zero-order valence-corrected chi connectivity index (χ0v) is 17.7. The van der Waals surface area contributed by atoms with E-state index in [4.69, 9.17) is 9.73 Å².